The minimum absolute atomic E-state index is 0.0170. The topological polar surface area (TPSA) is 66.4 Å². The number of carboxylic acid groups (broad SMARTS) is 1. The fourth-order valence-corrected chi connectivity index (χ4v) is 2.74. The molecule has 1 amide bonds. The van der Waals surface area contributed by atoms with Crippen LogP contribution in [0, 0.1) is 11.3 Å². The van der Waals surface area contributed by atoms with Gasteiger partial charge in [-0.15, -0.1) is 0 Å². The molecule has 0 saturated heterocycles. The van der Waals surface area contributed by atoms with Crippen LogP contribution in [-0.4, -0.2) is 22.3 Å². The first-order chi connectivity index (χ1) is 9.88. The summed E-state index contributed by atoms with van der Waals surface area (Å²) in [6.07, 6.45) is 8.79. The highest BCUT2D eigenvalue weighted by Crippen LogP contribution is 2.51. The van der Waals surface area contributed by atoms with E-state index in [1.807, 2.05) is 13.8 Å². The van der Waals surface area contributed by atoms with E-state index in [4.69, 9.17) is 5.11 Å². The van der Waals surface area contributed by atoms with Crippen molar-refractivity contribution in [1.29, 1.82) is 0 Å². The molecule has 0 radical (unpaired) electrons. The fourth-order valence-electron chi connectivity index (χ4n) is 2.34. The van der Waals surface area contributed by atoms with Gasteiger partial charge in [-0.3, -0.25) is 4.79 Å². The van der Waals surface area contributed by atoms with Gasteiger partial charge in [-0.1, -0.05) is 55.1 Å². The summed E-state index contributed by atoms with van der Waals surface area (Å²) in [4.78, 5) is 23.1. The molecule has 120 valence electrons. The highest BCUT2D eigenvalue weighted by molar-refractivity contribution is 9.09. The number of rotatable bonds is 10. The van der Waals surface area contributed by atoms with Crippen LogP contribution in [0.5, 0.6) is 0 Å². The standard InChI is InChI=1S/C16H26BrNO3/c1-16(2)11-12(16)14(19)18-13(15(20)21)9-7-5-3-4-6-8-10-17/h9,12H,3-8,10-11H2,1-2H3,(H,18,19)(H,20,21)/b13-9-. The Morgan fingerprint density at radius 1 is 1.24 bits per heavy atom. The molecule has 0 aromatic carbocycles. The lowest BCUT2D eigenvalue weighted by molar-refractivity contribution is -0.135. The Morgan fingerprint density at radius 3 is 2.33 bits per heavy atom. The molecule has 2 N–H and O–H groups in total. The second kappa shape index (κ2) is 8.57. The van der Waals surface area contributed by atoms with E-state index in [1.54, 1.807) is 6.08 Å². The van der Waals surface area contributed by atoms with Crippen molar-refractivity contribution in [1.82, 2.24) is 5.32 Å². The minimum Gasteiger partial charge on any atom is -0.477 e. The molecule has 1 fully saturated rings. The summed E-state index contributed by atoms with van der Waals surface area (Å²) >= 11 is 3.40. The van der Waals surface area contributed by atoms with Crippen LogP contribution in [0.15, 0.2) is 11.8 Å². The number of nitrogens with one attached hydrogen (secondary N) is 1. The van der Waals surface area contributed by atoms with E-state index in [2.05, 4.69) is 21.2 Å². The highest BCUT2D eigenvalue weighted by Gasteiger charge is 2.50. The van der Waals surface area contributed by atoms with Crippen LogP contribution < -0.4 is 5.32 Å². The van der Waals surface area contributed by atoms with Crippen molar-refractivity contribution in [2.45, 2.75) is 58.8 Å². The molecule has 0 aliphatic heterocycles. The van der Waals surface area contributed by atoms with Crippen molar-refractivity contribution >= 4 is 27.8 Å². The molecular formula is C16H26BrNO3. The zero-order chi connectivity index (χ0) is 15.9. The van der Waals surface area contributed by atoms with Gasteiger partial charge in [0.15, 0.2) is 0 Å². The van der Waals surface area contributed by atoms with Crippen molar-refractivity contribution in [2.24, 2.45) is 11.3 Å². The van der Waals surface area contributed by atoms with Crippen LogP contribution in [-0.2, 0) is 9.59 Å². The van der Waals surface area contributed by atoms with E-state index in [0.717, 1.165) is 24.6 Å². The first-order valence-electron chi connectivity index (χ1n) is 7.69. The van der Waals surface area contributed by atoms with Gasteiger partial charge >= 0.3 is 5.97 Å². The Labute approximate surface area is 135 Å². The molecule has 4 nitrogen and oxygen atoms in total. The third-order valence-corrected chi connectivity index (χ3v) is 4.57. The number of allylic oxidation sites excluding steroid dienone is 1. The number of aliphatic carboxylic acids is 1. The third kappa shape index (κ3) is 6.64. The van der Waals surface area contributed by atoms with Crippen molar-refractivity contribution in [2.75, 3.05) is 5.33 Å². The predicted molar refractivity (Wildman–Crippen MR) is 87.2 cm³/mol. The van der Waals surface area contributed by atoms with Crippen LogP contribution in [0.25, 0.3) is 0 Å². The summed E-state index contributed by atoms with van der Waals surface area (Å²) in [6.45, 7) is 4.04. The molecule has 5 heteroatoms. The van der Waals surface area contributed by atoms with Gasteiger partial charge in [0.05, 0.1) is 0 Å². The second-order valence-corrected chi connectivity index (χ2v) is 7.20. The van der Waals surface area contributed by atoms with Gasteiger partial charge < -0.3 is 10.4 Å². The average Bonchev–Trinajstić information content (AvgIpc) is 3.05. The summed E-state index contributed by atoms with van der Waals surface area (Å²) in [5.41, 5.74) is 0.0477. The molecule has 1 saturated carbocycles. The van der Waals surface area contributed by atoms with E-state index >= 15 is 0 Å². The summed E-state index contributed by atoms with van der Waals surface area (Å²) in [5, 5.41) is 12.7. The smallest absolute Gasteiger partial charge is 0.352 e. The normalized spacial score (nSPS) is 20.1. The molecule has 0 aromatic rings. The molecule has 0 bridgehead atoms. The van der Waals surface area contributed by atoms with Crippen molar-refractivity contribution in [3.8, 4) is 0 Å². The van der Waals surface area contributed by atoms with E-state index < -0.39 is 5.97 Å². The van der Waals surface area contributed by atoms with Gasteiger partial charge in [0.2, 0.25) is 5.91 Å². The lowest BCUT2D eigenvalue weighted by Gasteiger charge is -2.07. The molecule has 1 rings (SSSR count). The Kier molecular flexibility index (Phi) is 7.43. The molecule has 1 aliphatic rings. The molecule has 1 aliphatic carbocycles. The number of halogens is 1. The van der Waals surface area contributed by atoms with Crippen LogP contribution >= 0.6 is 15.9 Å². The highest BCUT2D eigenvalue weighted by atomic mass is 79.9. The second-order valence-electron chi connectivity index (χ2n) is 6.40. The third-order valence-electron chi connectivity index (χ3n) is 4.00. The van der Waals surface area contributed by atoms with E-state index in [9.17, 15) is 9.59 Å². The number of amides is 1. The zero-order valence-corrected chi connectivity index (χ0v) is 14.5. The molecular weight excluding hydrogens is 334 g/mol. The van der Waals surface area contributed by atoms with Crippen LogP contribution in [0.4, 0.5) is 0 Å². The number of alkyl halides is 1. The molecule has 0 spiro atoms. The molecule has 1 atom stereocenters. The summed E-state index contributed by atoms with van der Waals surface area (Å²) in [5.74, 6) is -1.27. The maximum atomic E-state index is 11.9. The average molecular weight is 360 g/mol. The molecule has 0 aromatic heterocycles. The van der Waals surface area contributed by atoms with Crippen molar-refractivity contribution in [3.63, 3.8) is 0 Å². The summed E-state index contributed by atoms with van der Waals surface area (Å²) < 4.78 is 0. The number of hydrogen-bond donors (Lipinski definition) is 2. The monoisotopic (exact) mass is 359 g/mol. The van der Waals surface area contributed by atoms with Gasteiger partial charge in [-0.2, -0.15) is 0 Å². The molecule has 1 unspecified atom stereocenters. The van der Waals surface area contributed by atoms with Gasteiger partial charge in [-0.25, -0.2) is 4.79 Å². The van der Waals surface area contributed by atoms with E-state index in [-0.39, 0.29) is 22.9 Å². The van der Waals surface area contributed by atoms with Gasteiger partial charge in [0.1, 0.15) is 5.70 Å². The van der Waals surface area contributed by atoms with Gasteiger partial charge in [-0.05, 0) is 31.1 Å². The lowest BCUT2D eigenvalue weighted by atomic mass is 10.1. The summed E-state index contributed by atoms with van der Waals surface area (Å²) in [7, 11) is 0. The number of carbonyl (C=O) groups excluding carboxylic acids is 1. The van der Waals surface area contributed by atoms with E-state index in [0.29, 0.717) is 6.42 Å². The lowest BCUT2D eigenvalue weighted by Crippen LogP contribution is -2.29. The first-order valence-corrected chi connectivity index (χ1v) is 8.81. The molecule has 21 heavy (non-hydrogen) atoms. The van der Waals surface area contributed by atoms with Gasteiger partial charge in [0.25, 0.3) is 0 Å². The largest absolute Gasteiger partial charge is 0.477 e. The Balaban J connectivity index is 2.31. The van der Waals surface area contributed by atoms with E-state index in [1.165, 1.54) is 19.3 Å². The van der Waals surface area contributed by atoms with Crippen molar-refractivity contribution < 1.29 is 14.7 Å². The minimum atomic E-state index is -1.05. The maximum Gasteiger partial charge on any atom is 0.352 e. The Hall–Kier alpha value is -0.840. The zero-order valence-electron chi connectivity index (χ0n) is 13.0. The first kappa shape index (κ1) is 18.2. The quantitative estimate of drug-likeness (QED) is 0.353. The number of unbranched alkanes of at least 4 members (excludes halogenated alkanes) is 5. The van der Waals surface area contributed by atoms with Crippen LogP contribution in [0.2, 0.25) is 0 Å². The maximum absolute atomic E-state index is 11.9. The van der Waals surface area contributed by atoms with Crippen molar-refractivity contribution in [3.05, 3.63) is 11.8 Å². The molecule has 0 heterocycles. The predicted octanol–water partition coefficient (Wildman–Crippen LogP) is 3.85. The number of hydrogen-bond acceptors (Lipinski definition) is 2. The number of carbonyl (C=O) groups is 2. The number of carboxylic acids is 1. The van der Waals surface area contributed by atoms with Crippen LogP contribution in [0.1, 0.15) is 58.8 Å². The Morgan fingerprint density at radius 2 is 1.81 bits per heavy atom. The SMILES string of the molecule is CC1(C)CC1C(=O)N/C(=C\CCCCCCCBr)C(=O)O. The summed E-state index contributed by atoms with van der Waals surface area (Å²) in [6, 6.07) is 0. The van der Waals surface area contributed by atoms with Crippen LogP contribution in [0.3, 0.4) is 0 Å². The fraction of sp³-hybridized carbons (Fsp3) is 0.750. The Bertz CT molecular complexity index is 404. The van der Waals surface area contributed by atoms with Gasteiger partial charge in [0, 0.05) is 11.2 Å².